The number of nitrogens with one attached hydrogen (secondary N) is 1. The summed E-state index contributed by atoms with van der Waals surface area (Å²) in [5.41, 5.74) is 1.15. The molecule has 0 radical (unpaired) electrons. The van der Waals surface area contributed by atoms with Gasteiger partial charge in [-0.3, -0.25) is 14.8 Å². The lowest BCUT2D eigenvalue weighted by Crippen LogP contribution is -2.19. The van der Waals surface area contributed by atoms with Gasteiger partial charge < -0.3 is 14.8 Å². The number of rotatable bonds is 6. The molecule has 0 spiro atoms. The van der Waals surface area contributed by atoms with Crippen molar-refractivity contribution in [2.75, 3.05) is 0 Å². The smallest absolute Gasteiger partial charge is 0.345 e. The molecule has 0 aliphatic rings. The topological polar surface area (TPSA) is 107 Å². The lowest BCUT2D eigenvalue weighted by Gasteiger charge is -2.12. The Morgan fingerprint density at radius 1 is 0.862 bits per heavy atom. The van der Waals surface area contributed by atoms with Gasteiger partial charge in [0.2, 0.25) is 5.91 Å². The van der Waals surface area contributed by atoms with E-state index in [-0.39, 0.29) is 35.1 Å². The molecule has 2 aromatic heterocycles. The van der Waals surface area contributed by atoms with Crippen LogP contribution in [-0.2, 0) is 11.3 Å². The second-order valence-electron chi connectivity index (χ2n) is 5.95. The average molecular weight is 391 g/mol. The van der Waals surface area contributed by atoms with Crippen molar-refractivity contribution in [3.63, 3.8) is 0 Å². The van der Waals surface area contributed by atoms with Gasteiger partial charge in [-0.2, -0.15) is 0 Å². The van der Waals surface area contributed by atoms with E-state index in [1.54, 1.807) is 30.3 Å². The summed E-state index contributed by atoms with van der Waals surface area (Å²) in [5.74, 6) is -1.41. The molecule has 3 aromatic rings. The van der Waals surface area contributed by atoms with Gasteiger partial charge in [-0.05, 0) is 42.0 Å². The third-order valence-electron chi connectivity index (χ3n) is 3.75. The molecule has 1 aromatic carbocycles. The van der Waals surface area contributed by atoms with Crippen LogP contribution in [0.5, 0.6) is 11.5 Å². The molecule has 1 N–H and O–H groups in total. The van der Waals surface area contributed by atoms with E-state index in [0.717, 1.165) is 0 Å². The fourth-order valence-corrected chi connectivity index (χ4v) is 2.34. The van der Waals surface area contributed by atoms with Crippen LogP contribution in [0.3, 0.4) is 0 Å². The number of esters is 2. The second kappa shape index (κ2) is 9.23. The number of carbonyl (C=O) groups excluding carboxylic acids is 3. The maximum atomic E-state index is 12.4. The van der Waals surface area contributed by atoms with Crippen LogP contribution in [0.25, 0.3) is 0 Å². The minimum absolute atomic E-state index is 0.0407. The number of hydrogen-bond acceptors (Lipinski definition) is 7. The number of aromatic nitrogens is 2. The summed E-state index contributed by atoms with van der Waals surface area (Å²) in [7, 11) is 0. The summed E-state index contributed by atoms with van der Waals surface area (Å²) in [5, 5.41) is 2.65. The van der Waals surface area contributed by atoms with Crippen LogP contribution in [0.15, 0.2) is 67.3 Å². The van der Waals surface area contributed by atoms with E-state index in [1.165, 1.54) is 43.8 Å². The van der Waals surface area contributed by atoms with E-state index >= 15 is 0 Å². The van der Waals surface area contributed by atoms with E-state index in [9.17, 15) is 14.4 Å². The van der Waals surface area contributed by atoms with Crippen LogP contribution in [0, 0.1) is 0 Å². The van der Waals surface area contributed by atoms with Crippen molar-refractivity contribution in [1.29, 1.82) is 0 Å². The number of hydrogen-bond donors (Lipinski definition) is 1. The Balaban J connectivity index is 1.86. The molecular weight excluding hydrogens is 374 g/mol. The zero-order chi connectivity index (χ0) is 20.6. The van der Waals surface area contributed by atoms with Crippen molar-refractivity contribution in [2.45, 2.75) is 13.5 Å². The maximum Gasteiger partial charge on any atom is 0.345 e. The molecule has 146 valence electrons. The number of pyridine rings is 2. The van der Waals surface area contributed by atoms with E-state index in [4.69, 9.17) is 9.47 Å². The van der Waals surface area contributed by atoms with Crippen molar-refractivity contribution in [1.82, 2.24) is 15.3 Å². The van der Waals surface area contributed by atoms with Gasteiger partial charge >= 0.3 is 11.9 Å². The van der Waals surface area contributed by atoms with Crippen molar-refractivity contribution < 1.29 is 23.9 Å². The summed E-state index contributed by atoms with van der Waals surface area (Å²) in [6.45, 7) is 1.62. The van der Waals surface area contributed by atoms with Crippen LogP contribution in [0.1, 0.15) is 33.2 Å². The van der Waals surface area contributed by atoms with E-state index in [0.29, 0.717) is 5.56 Å². The van der Waals surface area contributed by atoms with E-state index in [1.807, 2.05) is 0 Å². The first kappa shape index (κ1) is 19.7. The molecule has 0 bridgehead atoms. The molecule has 0 aliphatic carbocycles. The van der Waals surface area contributed by atoms with Gasteiger partial charge in [-0.25, -0.2) is 9.59 Å². The zero-order valence-electron chi connectivity index (χ0n) is 15.5. The van der Waals surface area contributed by atoms with Crippen molar-refractivity contribution in [3.8, 4) is 11.5 Å². The first-order chi connectivity index (χ1) is 14.0. The molecule has 2 heterocycles. The molecule has 8 nitrogen and oxygen atoms in total. The molecule has 0 unspecified atom stereocenters. The average Bonchev–Trinajstić information content (AvgIpc) is 2.75. The molecule has 0 fully saturated rings. The zero-order valence-corrected chi connectivity index (χ0v) is 15.5. The number of amides is 1. The first-order valence-electron chi connectivity index (χ1n) is 8.64. The summed E-state index contributed by atoms with van der Waals surface area (Å²) in [6.07, 6.45) is 5.81. The molecule has 8 heteroatoms. The predicted molar refractivity (Wildman–Crippen MR) is 102 cm³/mol. The summed E-state index contributed by atoms with van der Waals surface area (Å²) < 4.78 is 10.8. The highest BCUT2D eigenvalue weighted by atomic mass is 16.6. The lowest BCUT2D eigenvalue weighted by molar-refractivity contribution is -0.119. The van der Waals surface area contributed by atoms with Crippen molar-refractivity contribution >= 4 is 17.8 Å². The Morgan fingerprint density at radius 3 is 1.97 bits per heavy atom. The lowest BCUT2D eigenvalue weighted by atomic mass is 10.2. The fraction of sp³-hybridized carbons (Fsp3) is 0.0952. The summed E-state index contributed by atoms with van der Waals surface area (Å²) in [4.78, 5) is 43.7. The third-order valence-corrected chi connectivity index (χ3v) is 3.75. The number of ether oxygens (including phenoxy) is 2. The van der Waals surface area contributed by atoms with Crippen molar-refractivity contribution in [2.24, 2.45) is 0 Å². The van der Waals surface area contributed by atoms with Gasteiger partial charge in [0, 0.05) is 38.3 Å². The van der Waals surface area contributed by atoms with Crippen LogP contribution >= 0.6 is 0 Å². The molecule has 1 amide bonds. The number of carbonyl (C=O) groups is 3. The molecule has 0 saturated heterocycles. The standard InChI is InChI=1S/C21H17N3O5/c1-14(25)24-11-15-6-7-18(28-20(26)16-4-2-8-22-12-16)19(10-15)29-21(27)17-5-3-9-23-13-17/h2-10,12-13H,11H2,1H3,(H,24,25). The fourth-order valence-electron chi connectivity index (χ4n) is 2.34. The van der Waals surface area contributed by atoms with Crippen LogP contribution in [0.4, 0.5) is 0 Å². The molecule has 29 heavy (non-hydrogen) atoms. The Kier molecular flexibility index (Phi) is 6.26. The number of nitrogens with zero attached hydrogens (tertiary/aromatic N) is 2. The van der Waals surface area contributed by atoms with E-state index < -0.39 is 11.9 Å². The van der Waals surface area contributed by atoms with Gasteiger partial charge in [-0.1, -0.05) is 6.07 Å². The highest BCUT2D eigenvalue weighted by Gasteiger charge is 2.17. The van der Waals surface area contributed by atoms with Gasteiger partial charge in [0.1, 0.15) is 0 Å². The Hall–Kier alpha value is -4.07. The van der Waals surface area contributed by atoms with Crippen LogP contribution in [0.2, 0.25) is 0 Å². The van der Waals surface area contributed by atoms with Crippen molar-refractivity contribution in [3.05, 3.63) is 83.9 Å². The Labute approximate surface area is 166 Å². The highest BCUT2D eigenvalue weighted by Crippen LogP contribution is 2.30. The minimum atomic E-state index is -0.659. The second-order valence-corrected chi connectivity index (χ2v) is 5.95. The Bertz CT molecular complexity index is 1020. The Morgan fingerprint density at radius 2 is 1.45 bits per heavy atom. The largest absolute Gasteiger partial charge is 0.419 e. The van der Waals surface area contributed by atoms with Crippen LogP contribution in [-0.4, -0.2) is 27.8 Å². The monoisotopic (exact) mass is 391 g/mol. The molecule has 0 atom stereocenters. The molecule has 0 saturated carbocycles. The SMILES string of the molecule is CC(=O)NCc1ccc(OC(=O)c2cccnc2)c(OC(=O)c2cccnc2)c1. The van der Waals surface area contributed by atoms with Crippen LogP contribution < -0.4 is 14.8 Å². The summed E-state index contributed by atoms with van der Waals surface area (Å²) in [6, 6.07) is 11.0. The van der Waals surface area contributed by atoms with E-state index in [2.05, 4.69) is 15.3 Å². The molecular formula is C21H17N3O5. The van der Waals surface area contributed by atoms with Gasteiger partial charge in [0.05, 0.1) is 11.1 Å². The molecule has 3 rings (SSSR count). The normalized spacial score (nSPS) is 10.1. The minimum Gasteiger partial charge on any atom is -0.419 e. The highest BCUT2D eigenvalue weighted by molar-refractivity contribution is 5.92. The quantitative estimate of drug-likeness (QED) is 0.508. The maximum absolute atomic E-state index is 12.4. The predicted octanol–water partition coefficient (Wildman–Crippen LogP) is 2.55. The van der Waals surface area contributed by atoms with Gasteiger partial charge in [-0.15, -0.1) is 0 Å². The summed E-state index contributed by atoms with van der Waals surface area (Å²) >= 11 is 0. The molecule has 0 aliphatic heterocycles. The van der Waals surface area contributed by atoms with Gasteiger partial charge in [0.25, 0.3) is 0 Å². The number of benzene rings is 1. The third kappa shape index (κ3) is 5.46. The van der Waals surface area contributed by atoms with Gasteiger partial charge in [0.15, 0.2) is 11.5 Å². The first-order valence-corrected chi connectivity index (χ1v) is 8.64.